The monoisotopic (exact) mass is 501 g/mol. The molecular weight excluding hydrogens is 450 g/mol. The molecule has 4 aliphatic rings. The van der Waals surface area contributed by atoms with Gasteiger partial charge in [0.05, 0.1) is 0 Å². The van der Waals surface area contributed by atoms with E-state index in [1.807, 2.05) is 0 Å². The van der Waals surface area contributed by atoms with Crippen LogP contribution in [0.4, 0.5) is 0 Å². The summed E-state index contributed by atoms with van der Waals surface area (Å²) in [5.74, 6) is 2.43. The van der Waals surface area contributed by atoms with Crippen LogP contribution in [0, 0.1) is 28.6 Å². The summed E-state index contributed by atoms with van der Waals surface area (Å²) >= 11 is 0. The fraction of sp³-hybridized carbons (Fsp3) is 0.963. The van der Waals surface area contributed by atoms with Crippen molar-refractivity contribution in [3.05, 3.63) is 0 Å². The second-order valence-corrected chi connectivity index (χ2v) is 11.7. The van der Waals surface area contributed by atoms with Gasteiger partial charge in [-0.05, 0) is 74.0 Å². The minimum absolute atomic E-state index is 0. The molecule has 0 aromatic rings. The van der Waals surface area contributed by atoms with Gasteiger partial charge in [0.1, 0.15) is 0 Å². The maximum atomic E-state index is 9.64. The van der Waals surface area contributed by atoms with E-state index in [1.54, 1.807) is 32.1 Å². The van der Waals surface area contributed by atoms with Crippen molar-refractivity contribution in [1.29, 1.82) is 0 Å². The molecule has 0 saturated heterocycles. The van der Waals surface area contributed by atoms with Gasteiger partial charge in [-0.25, -0.2) is 4.79 Å². The number of carboxylic acid groups (broad SMARTS) is 1. The highest BCUT2D eigenvalue weighted by molar-refractivity contribution is 5.70. The zero-order chi connectivity index (χ0) is 22.2. The fourth-order valence-electron chi connectivity index (χ4n) is 7.22. The molecule has 4 rings (SSSR count). The Balaban J connectivity index is 0.000000607. The van der Waals surface area contributed by atoms with Gasteiger partial charge in [-0.3, -0.25) is 0 Å². The number of aliphatic carboxylic acids is 1. The maximum Gasteiger partial charge on any atom is 0.362 e. The molecule has 0 aromatic heterocycles. The van der Waals surface area contributed by atoms with Gasteiger partial charge in [0.15, 0.2) is 6.04 Å². The molecule has 4 fully saturated rings. The number of carboxylic acids is 1. The van der Waals surface area contributed by atoms with Gasteiger partial charge in [0.25, 0.3) is 0 Å². The first-order valence-electron chi connectivity index (χ1n) is 13.3. The zero-order valence-electron chi connectivity index (χ0n) is 21.1. The van der Waals surface area contributed by atoms with Crippen molar-refractivity contribution >= 4 is 5.97 Å². The summed E-state index contributed by atoms with van der Waals surface area (Å²) in [7, 11) is 0. The average Bonchev–Trinajstić information content (AvgIpc) is 2.67. The quantitative estimate of drug-likeness (QED) is 0.398. The molecule has 0 spiro atoms. The molecular formula is C27H52BrNO2. The Morgan fingerprint density at radius 1 is 0.903 bits per heavy atom. The first kappa shape index (κ1) is 28.9. The standard InChI is InChI=1S/C24H44.C3H7NO2.BrH/c1-4-5-6-7-8-9-10-11-12-13-14-24(3)22-16-20-15-21(17-22)19-23(24,2)18-20;1-2(4)3(5)6;/h20-22H,4-19H2,1-3H3;2H,4H2,1H3,(H,5,6);1H. The number of carbonyl (C=O) groups is 1. The van der Waals surface area contributed by atoms with E-state index >= 15 is 0 Å². The predicted molar refractivity (Wildman–Crippen MR) is 126 cm³/mol. The molecule has 4 aliphatic carbocycles. The highest BCUT2D eigenvalue weighted by Gasteiger charge is 2.60. The summed E-state index contributed by atoms with van der Waals surface area (Å²) in [4.78, 5) is 9.64. The number of halogens is 1. The summed E-state index contributed by atoms with van der Waals surface area (Å²) in [6.07, 6.45) is 24.2. The molecule has 0 aliphatic heterocycles. The van der Waals surface area contributed by atoms with E-state index in [2.05, 4.69) is 26.5 Å². The van der Waals surface area contributed by atoms with Gasteiger partial charge in [0, 0.05) is 0 Å². The van der Waals surface area contributed by atoms with Crippen LogP contribution in [0.3, 0.4) is 0 Å². The molecule has 0 aromatic carbocycles. The first-order chi connectivity index (χ1) is 14.2. The number of rotatable bonds is 12. The molecule has 4 unspecified atom stereocenters. The van der Waals surface area contributed by atoms with Crippen LogP contribution in [0.25, 0.3) is 0 Å². The van der Waals surface area contributed by atoms with E-state index in [1.165, 1.54) is 77.6 Å². The lowest BCUT2D eigenvalue weighted by Gasteiger charge is -2.66. The number of unbranched alkanes of at least 4 members (excludes halogenated alkanes) is 9. The van der Waals surface area contributed by atoms with Crippen molar-refractivity contribution in [2.75, 3.05) is 0 Å². The summed E-state index contributed by atoms with van der Waals surface area (Å²) in [6, 6.07) is -0.481. The number of hydrogen-bond donors (Lipinski definition) is 2. The molecule has 3 nitrogen and oxygen atoms in total. The maximum absolute atomic E-state index is 9.64. The van der Waals surface area contributed by atoms with Gasteiger partial charge in [0.2, 0.25) is 0 Å². The number of hydrogen-bond acceptors (Lipinski definition) is 1. The van der Waals surface area contributed by atoms with Crippen LogP contribution in [0.15, 0.2) is 0 Å². The lowest BCUT2D eigenvalue weighted by molar-refractivity contribution is -0.402. The summed E-state index contributed by atoms with van der Waals surface area (Å²) in [5, 5.41) is 7.93. The van der Waals surface area contributed by atoms with Crippen LogP contribution in [0.5, 0.6) is 0 Å². The van der Waals surface area contributed by atoms with Crippen LogP contribution in [0.2, 0.25) is 0 Å². The lowest BCUT2D eigenvalue weighted by Crippen LogP contribution is -3.00. The molecule has 31 heavy (non-hydrogen) atoms. The third-order valence-corrected chi connectivity index (χ3v) is 9.13. The van der Waals surface area contributed by atoms with Crippen LogP contribution < -0.4 is 22.7 Å². The fourth-order valence-corrected chi connectivity index (χ4v) is 7.22. The Bertz CT molecular complexity index is 509. The van der Waals surface area contributed by atoms with Gasteiger partial charge in [-0.15, -0.1) is 0 Å². The Morgan fingerprint density at radius 2 is 1.32 bits per heavy atom. The SMILES string of the molecule is CC([NH3+])C(=O)O.CCCCCCCCCCCCC1(C)C2CC3CC(C2)CC1(C)C3.[Br-]. The second kappa shape index (κ2) is 13.6. The second-order valence-electron chi connectivity index (χ2n) is 11.7. The van der Waals surface area contributed by atoms with Crippen LogP contribution in [-0.2, 0) is 4.79 Å². The summed E-state index contributed by atoms with van der Waals surface area (Å²) in [5.41, 5.74) is 4.62. The molecule has 4 N–H and O–H groups in total. The van der Waals surface area contributed by atoms with Crippen molar-refractivity contribution < 1.29 is 32.6 Å². The van der Waals surface area contributed by atoms with Crippen molar-refractivity contribution in [2.45, 2.75) is 136 Å². The smallest absolute Gasteiger partial charge is 0.362 e. The van der Waals surface area contributed by atoms with E-state index in [9.17, 15) is 4.79 Å². The zero-order valence-corrected chi connectivity index (χ0v) is 22.6. The van der Waals surface area contributed by atoms with Gasteiger partial charge in [-0.2, -0.15) is 0 Å². The van der Waals surface area contributed by atoms with Gasteiger partial charge >= 0.3 is 5.97 Å². The molecule has 4 bridgehead atoms. The Hall–Kier alpha value is -0.0900. The highest BCUT2D eigenvalue weighted by Crippen LogP contribution is 2.69. The molecule has 4 atom stereocenters. The van der Waals surface area contributed by atoms with Crippen molar-refractivity contribution in [3.63, 3.8) is 0 Å². The van der Waals surface area contributed by atoms with Gasteiger partial charge < -0.3 is 27.8 Å². The average molecular weight is 503 g/mol. The van der Waals surface area contributed by atoms with E-state index in [0.29, 0.717) is 10.8 Å². The van der Waals surface area contributed by atoms with Crippen molar-refractivity contribution in [1.82, 2.24) is 0 Å². The third-order valence-electron chi connectivity index (χ3n) is 9.13. The highest BCUT2D eigenvalue weighted by atomic mass is 79.9. The van der Waals surface area contributed by atoms with E-state index in [4.69, 9.17) is 5.11 Å². The minimum Gasteiger partial charge on any atom is -1.00 e. The normalized spacial score (nSPS) is 33.9. The molecule has 4 heteroatoms. The van der Waals surface area contributed by atoms with Crippen LogP contribution in [-0.4, -0.2) is 17.1 Å². The topological polar surface area (TPSA) is 64.9 Å². The van der Waals surface area contributed by atoms with Crippen molar-refractivity contribution in [3.8, 4) is 0 Å². The van der Waals surface area contributed by atoms with Gasteiger partial charge in [-0.1, -0.05) is 85.0 Å². The van der Waals surface area contributed by atoms with E-state index in [0.717, 1.165) is 17.8 Å². The Labute approximate surface area is 203 Å². The van der Waals surface area contributed by atoms with E-state index < -0.39 is 12.0 Å². The Morgan fingerprint density at radius 3 is 1.71 bits per heavy atom. The number of quaternary nitrogens is 1. The van der Waals surface area contributed by atoms with Crippen LogP contribution in [0.1, 0.15) is 130 Å². The largest absolute Gasteiger partial charge is 1.00 e. The summed E-state index contributed by atoms with van der Waals surface area (Å²) < 4.78 is 0. The van der Waals surface area contributed by atoms with E-state index in [-0.39, 0.29) is 17.0 Å². The minimum atomic E-state index is -0.852. The molecule has 0 amide bonds. The Kier molecular flexibility index (Phi) is 12.7. The predicted octanol–water partition coefficient (Wildman–Crippen LogP) is 3.86. The first-order valence-corrected chi connectivity index (χ1v) is 13.3. The van der Waals surface area contributed by atoms with Crippen molar-refractivity contribution in [2.24, 2.45) is 28.6 Å². The molecule has 4 saturated carbocycles. The lowest BCUT2D eigenvalue weighted by atomic mass is 9.39. The van der Waals surface area contributed by atoms with Crippen LogP contribution >= 0.6 is 0 Å². The third kappa shape index (κ3) is 8.02. The summed E-state index contributed by atoms with van der Waals surface area (Å²) in [6.45, 7) is 9.21. The molecule has 0 radical (unpaired) electrons. The molecule has 184 valence electrons. The molecule has 0 heterocycles.